The van der Waals surface area contributed by atoms with Crippen LogP contribution in [0.25, 0.3) is 16.8 Å². The second kappa shape index (κ2) is 10.1. The van der Waals surface area contributed by atoms with E-state index in [4.69, 9.17) is 22.3 Å². The van der Waals surface area contributed by atoms with Crippen LogP contribution in [0.4, 0.5) is 14.6 Å². The number of halogens is 3. The Labute approximate surface area is 235 Å². The smallest absolute Gasteiger partial charge is 0.309 e. The third-order valence-corrected chi connectivity index (χ3v) is 8.80. The van der Waals surface area contributed by atoms with Gasteiger partial charge in [-0.3, -0.25) is 9.20 Å². The van der Waals surface area contributed by atoms with Crippen LogP contribution < -0.4 is 5.73 Å². The number of anilines is 1. The number of fused-ring (bicyclic) bond motifs is 1. The maximum Gasteiger partial charge on any atom is 0.309 e. The lowest BCUT2D eigenvalue weighted by molar-refractivity contribution is -0.151. The molecule has 0 saturated heterocycles. The highest BCUT2D eigenvalue weighted by molar-refractivity contribution is 6.30. The summed E-state index contributed by atoms with van der Waals surface area (Å²) in [6.45, 7) is 5.42. The fourth-order valence-electron chi connectivity index (χ4n) is 5.96. The van der Waals surface area contributed by atoms with E-state index >= 15 is 0 Å². The fourth-order valence-corrected chi connectivity index (χ4v) is 6.18. The largest absolute Gasteiger partial charge is 0.481 e. The average molecular weight is 569 g/mol. The van der Waals surface area contributed by atoms with Gasteiger partial charge in [-0.1, -0.05) is 67.9 Å². The summed E-state index contributed by atoms with van der Waals surface area (Å²) in [5, 5.41) is 21.7. The Kier molecular flexibility index (Phi) is 7.08. The fraction of sp³-hybridized carbons (Fsp3) is 0.367. The second-order valence-electron chi connectivity index (χ2n) is 11.1. The van der Waals surface area contributed by atoms with E-state index in [1.54, 1.807) is 41.7 Å². The quantitative estimate of drug-likeness (QED) is 0.225. The molecule has 2 aromatic carbocycles. The van der Waals surface area contributed by atoms with Crippen LogP contribution in [0.2, 0.25) is 5.15 Å². The van der Waals surface area contributed by atoms with Gasteiger partial charge >= 0.3 is 5.97 Å². The van der Waals surface area contributed by atoms with Crippen molar-refractivity contribution in [2.75, 3.05) is 5.73 Å². The van der Waals surface area contributed by atoms with Crippen molar-refractivity contribution in [2.45, 2.75) is 58.0 Å². The lowest BCUT2D eigenvalue weighted by Crippen LogP contribution is -2.33. The van der Waals surface area contributed by atoms with Gasteiger partial charge in [-0.2, -0.15) is 0 Å². The molecule has 4 N–H and O–H groups in total. The van der Waals surface area contributed by atoms with Crippen molar-refractivity contribution in [1.82, 2.24) is 14.4 Å². The second-order valence-corrected chi connectivity index (χ2v) is 11.5. The van der Waals surface area contributed by atoms with Crippen molar-refractivity contribution >= 4 is 28.9 Å². The van der Waals surface area contributed by atoms with E-state index in [1.165, 1.54) is 24.4 Å². The number of benzene rings is 2. The van der Waals surface area contributed by atoms with E-state index in [2.05, 4.69) is 4.98 Å². The summed E-state index contributed by atoms with van der Waals surface area (Å²) in [4.78, 5) is 21.5. The maximum absolute atomic E-state index is 13.3. The highest BCUT2D eigenvalue weighted by atomic mass is 35.5. The molecule has 0 bridgehead atoms. The van der Waals surface area contributed by atoms with Crippen molar-refractivity contribution in [3.05, 3.63) is 82.4 Å². The van der Waals surface area contributed by atoms with Gasteiger partial charge in [-0.05, 0) is 49.3 Å². The predicted molar refractivity (Wildman–Crippen MR) is 149 cm³/mol. The topological polar surface area (TPSA) is 114 Å². The summed E-state index contributed by atoms with van der Waals surface area (Å²) in [5.74, 6) is -0.150. The van der Waals surface area contributed by atoms with Crippen molar-refractivity contribution in [1.29, 1.82) is 0 Å². The van der Waals surface area contributed by atoms with Crippen LogP contribution in [0, 0.1) is 11.3 Å². The van der Waals surface area contributed by atoms with Crippen LogP contribution in [0.1, 0.15) is 74.9 Å². The first-order valence-corrected chi connectivity index (χ1v) is 13.5. The molecule has 2 heterocycles. The number of aromatic nitrogens is 3. The third kappa shape index (κ3) is 4.51. The Morgan fingerprint density at radius 1 is 1.20 bits per heavy atom. The summed E-state index contributed by atoms with van der Waals surface area (Å²) < 4.78 is 28.3. The number of nitrogens with zero attached hydrogens (tertiary/aromatic N) is 3. The number of nitrogen functional groups attached to an aromatic ring is 1. The van der Waals surface area contributed by atoms with Crippen molar-refractivity contribution < 1.29 is 23.8 Å². The number of hydrogen-bond donors (Lipinski definition) is 3. The molecule has 2 aromatic heterocycles. The Morgan fingerprint density at radius 3 is 2.50 bits per heavy atom. The first-order valence-electron chi connectivity index (χ1n) is 13.1. The molecule has 5 rings (SSSR count). The van der Waals surface area contributed by atoms with Gasteiger partial charge in [0.25, 0.3) is 6.43 Å². The predicted octanol–water partition coefficient (Wildman–Crippen LogP) is 6.82. The molecule has 1 aliphatic carbocycles. The molecule has 1 fully saturated rings. The number of rotatable bonds is 7. The molecule has 0 spiro atoms. The van der Waals surface area contributed by atoms with Gasteiger partial charge < -0.3 is 15.9 Å². The number of imidazole rings is 1. The molecule has 0 aliphatic heterocycles. The Hall–Kier alpha value is -3.56. The minimum absolute atomic E-state index is 0.0513. The Morgan fingerprint density at radius 2 is 1.90 bits per heavy atom. The number of nitrogens with two attached hydrogens (primary N) is 1. The molecule has 1 aliphatic rings. The molecule has 0 amide bonds. The molecule has 4 aromatic rings. The molecule has 1 saturated carbocycles. The SMILES string of the molecule is CC(C)[C@@]1(C(=O)O)CC[C@@H](c2nc(-c3ccc([C@@](C)(O)c4cccc(C(F)F)c4)cc3)c3c(N)ncc(Cl)n23)C1. The van der Waals surface area contributed by atoms with Crippen LogP contribution in [-0.4, -0.2) is 30.6 Å². The molecule has 10 heteroatoms. The van der Waals surface area contributed by atoms with Crippen molar-refractivity contribution in [3.8, 4) is 11.3 Å². The van der Waals surface area contributed by atoms with Crippen LogP contribution in [0.15, 0.2) is 54.7 Å². The molecule has 0 unspecified atom stereocenters. The zero-order valence-electron chi connectivity index (χ0n) is 22.4. The van der Waals surface area contributed by atoms with Gasteiger partial charge in [0.05, 0.1) is 11.6 Å². The molecule has 3 atom stereocenters. The van der Waals surface area contributed by atoms with Gasteiger partial charge in [-0.25, -0.2) is 18.7 Å². The van der Waals surface area contributed by atoms with E-state index in [1.807, 2.05) is 13.8 Å². The van der Waals surface area contributed by atoms with Gasteiger partial charge in [-0.15, -0.1) is 0 Å². The minimum Gasteiger partial charge on any atom is -0.481 e. The molecule has 210 valence electrons. The summed E-state index contributed by atoms with van der Waals surface area (Å²) in [7, 11) is 0. The van der Waals surface area contributed by atoms with E-state index in [0.29, 0.717) is 58.1 Å². The summed E-state index contributed by atoms with van der Waals surface area (Å²) in [6.07, 6.45) is 0.406. The van der Waals surface area contributed by atoms with Gasteiger partial charge in [0, 0.05) is 17.0 Å². The lowest BCUT2D eigenvalue weighted by atomic mass is 9.75. The maximum atomic E-state index is 13.3. The summed E-state index contributed by atoms with van der Waals surface area (Å²) in [6, 6.07) is 12.7. The Bertz CT molecular complexity index is 1590. The van der Waals surface area contributed by atoms with Gasteiger partial charge in [0.2, 0.25) is 0 Å². The molecule has 7 nitrogen and oxygen atoms in total. The number of carboxylic acid groups (broad SMARTS) is 1. The normalized spacial score (nSPS) is 20.9. The van der Waals surface area contributed by atoms with Crippen LogP contribution in [-0.2, 0) is 10.4 Å². The highest BCUT2D eigenvalue weighted by Crippen LogP contribution is 2.51. The molecule has 0 radical (unpaired) electrons. The number of hydrogen-bond acceptors (Lipinski definition) is 5. The monoisotopic (exact) mass is 568 g/mol. The van der Waals surface area contributed by atoms with Crippen molar-refractivity contribution in [2.24, 2.45) is 11.3 Å². The van der Waals surface area contributed by atoms with E-state index < -0.39 is 23.4 Å². The number of carboxylic acids is 1. The number of aliphatic hydroxyl groups is 1. The number of carbonyl (C=O) groups is 1. The van der Waals surface area contributed by atoms with E-state index in [9.17, 15) is 23.8 Å². The van der Waals surface area contributed by atoms with Gasteiger partial charge in [0.1, 0.15) is 33.6 Å². The Balaban J connectivity index is 1.57. The highest BCUT2D eigenvalue weighted by Gasteiger charge is 2.49. The standard InChI is InChI=1S/C30H31ClF2N4O3/c1-16(2)30(28(38)39)12-11-19(14-30)27-36-23(24-26(34)35-15-22(31)37(24)27)17-7-9-20(10-8-17)29(3,40)21-6-4-5-18(13-21)25(32)33/h4-10,13,15-16,19,25,40H,11-12,14H2,1-3H3,(H2,34,35)(H,38,39)/t19-,29-,30-/m1/s1. The third-order valence-electron chi connectivity index (χ3n) is 8.54. The van der Waals surface area contributed by atoms with E-state index in [-0.39, 0.29) is 23.2 Å². The first kappa shape index (κ1) is 28.0. The lowest BCUT2D eigenvalue weighted by Gasteiger charge is -2.28. The van der Waals surface area contributed by atoms with Crippen LogP contribution >= 0.6 is 11.6 Å². The zero-order chi connectivity index (χ0) is 29.0. The molecular weight excluding hydrogens is 538 g/mol. The number of alkyl halides is 2. The number of aliphatic carboxylic acids is 1. The summed E-state index contributed by atoms with van der Waals surface area (Å²) in [5.41, 5.74) is 6.37. The van der Waals surface area contributed by atoms with Crippen LogP contribution in [0.5, 0.6) is 0 Å². The molecule has 40 heavy (non-hydrogen) atoms. The minimum atomic E-state index is -2.64. The van der Waals surface area contributed by atoms with Crippen molar-refractivity contribution in [3.63, 3.8) is 0 Å². The molecular formula is C30H31ClF2N4O3. The van der Waals surface area contributed by atoms with Crippen LogP contribution in [0.3, 0.4) is 0 Å². The zero-order valence-corrected chi connectivity index (χ0v) is 23.2. The van der Waals surface area contributed by atoms with Gasteiger partial charge in [0.15, 0.2) is 0 Å². The summed E-state index contributed by atoms with van der Waals surface area (Å²) >= 11 is 6.60. The average Bonchev–Trinajstić information content (AvgIpc) is 3.55. The first-order chi connectivity index (χ1) is 18.9. The van der Waals surface area contributed by atoms with E-state index in [0.717, 1.165) is 0 Å².